The van der Waals surface area contributed by atoms with Gasteiger partial charge in [-0.2, -0.15) is 13.2 Å². The van der Waals surface area contributed by atoms with Gasteiger partial charge in [0.15, 0.2) is 5.69 Å². The van der Waals surface area contributed by atoms with Crippen molar-refractivity contribution in [3.63, 3.8) is 0 Å². The predicted molar refractivity (Wildman–Crippen MR) is 106 cm³/mol. The standard InChI is InChI=1S/C20H19F3N8O2/c21-20(22,23)17-7-25-18(8-24-17)33-16-3-1-13(2-4-16)14-9-30(10-14)19(32)29-6-5-15(11-29)31-12-26-27-28-31/h1-4,7-8,12,14-15H,5-6,9-11H2/t15-/m0/s1. The molecule has 3 aromatic rings. The summed E-state index contributed by atoms with van der Waals surface area (Å²) in [6.45, 7) is 2.50. The highest BCUT2D eigenvalue weighted by Gasteiger charge is 2.37. The second-order valence-corrected chi connectivity index (χ2v) is 7.97. The van der Waals surface area contributed by atoms with Crippen LogP contribution in [0, 0.1) is 0 Å². The number of aromatic nitrogens is 6. The van der Waals surface area contributed by atoms with E-state index in [1.165, 1.54) is 0 Å². The van der Waals surface area contributed by atoms with Crippen molar-refractivity contribution in [3.8, 4) is 11.6 Å². The largest absolute Gasteiger partial charge is 0.438 e. The summed E-state index contributed by atoms with van der Waals surface area (Å²) in [4.78, 5) is 23.4. The number of alkyl halides is 3. The van der Waals surface area contributed by atoms with Gasteiger partial charge in [-0.15, -0.1) is 5.10 Å². The molecule has 0 bridgehead atoms. The number of tetrazole rings is 1. The normalized spacial score (nSPS) is 18.9. The zero-order valence-corrected chi connectivity index (χ0v) is 17.3. The molecule has 10 nitrogen and oxygen atoms in total. The van der Waals surface area contributed by atoms with E-state index in [-0.39, 0.29) is 23.9 Å². The highest BCUT2D eigenvalue weighted by Crippen LogP contribution is 2.32. The van der Waals surface area contributed by atoms with Gasteiger partial charge in [0.05, 0.1) is 18.4 Å². The molecule has 2 saturated heterocycles. The van der Waals surface area contributed by atoms with Crippen LogP contribution in [0.1, 0.15) is 29.6 Å². The summed E-state index contributed by atoms with van der Waals surface area (Å²) < 4.78 is 44.9. The molecule has 0 radical (unpaired) electrons. The maximum absolute atomic E-state index is 12.8. The summed E-state index contributed by atoms with van der Waals surface area (Å²) in [6, 6.07) is 7.31. The number of ether oxygens (including phenoxy) is 1. The number of hydrogen-bond donors (Lipinski definition) is 0. The molecule has 0 aliphatic carbocycles. The van der Waals surface area contributed by atoms with Crippen molar-refractivity contribution in [2.45, 2.75) is 24.6 Å². The minimum Gasteiger partial charge on any atom is -0.438 e. The van der Waals surface area contributed by atoms with Gasteiger partial charge in [-0.05, 0) is 34.5 Å². The van der Waals surface area contributed by atoms with Crippen LogP contribution in [-0.4, -0.2) is 72.2 Å². The van der Waals surface area contributed by atoms with Crippen LogP contribution in [0.25, 0.3) is 0 Å². The summed E-state index contributed by atoms with van der Waals surface area (Å²) in [6.07, 6.45) is -0.589. The van der Waals surface area contributed by atoms with Crippen LogP contribution in [0.4, 0.5) is 18.0 Å². The van der Waals surface area contributed by atoms with Gasteiger partial charge in [-0.3, -0.25) is 0 Å². The molecule has 172 valence electrons. The van der Waals surface area contributed by atoms with Crippen LogP contribution in [0.5, 0.6) is 11.6 Å². The Morgan fingerprint density at radius 3 is 2.45 bits per heavy atom. The number of rotatable bonds is 4. The monoisotopic (exact) mass is 460 g/mol. The predicted octanol–water partition coefficient (Wildman–Crippen LogP) is 2.74. The molecule has 0 saturated carbocycles. The first-order chi connectivity index (χ1) is 15.9. The molecule has 5 rings (SSSR count). The molecule has 2 amide bonds. The number of carbonyl (C=O) groups is 1. The molecule has 33 heavy (non-hydrogen) atoms. The fourth-order valence-electron chi connectivity index (χ4n) is 3.96. The van der Waals surface area contributed by atoms with Crippen LogP contribution in [0.2, 0.25) is 0 Å². The smallest absolute Gasteiger partial charge is 0.434 e. The number of carbonyl (C=O) groups excluding carboxylic acids is 1. The lowest BCUT2D eigenvalue weighted by Gasteiger charge is -2.41. The molecule has 2 aromatic heterocycles. The first-order valence-electron chi connectivity index (χ1n) is 10.3. The SMILES string of the molecule is O=C(N1CC(c2ccc(Oc3cnc(C(F)(F)F)cn3)cc2)C1)N1CC[C@H](n2cnnn2)C1. The summed E-state index contributed by atoms with van der Waals surface area (Å²) in [5, 5.41) is 11.2. The van der Waals surface area contributed by atoms with Gasteiger partial charge in [-0.1, -0.05) is 12.1 Å². The van der Waals surface area contributed by atoms with Crippen molar-refractivity contribution in [2.24, 2.45) is 0 Å². The van der Waals surface area contributed by atoms with Gasteiger partial charge < -0.3 is 14.5 Å². The summed E-state index contributed by atoms with van der Waals surface area (Å²) in [5.74, 6) is 0.624. The molecular formula is C20H19F3N8O2. The Hall–Kier alpha value is -3.77. The molecule has 4 heterocycles. The van der Waals surface area contributed by atoms with E-state index in [1.54, 1.807) is 23.1 Å². The Bertz CT molecular complexity index is 1100. The average molecular weight is 460 g/mol. The van der Waals surface area contributed by atoms with Crippen molar-refractivity contribution in [3.05, 3.63) is 54.2 Å². The number of urea groups is 1. The van der Waals surface area contributed by atoms with Crippen LogP contribution in [0.15, 0.2) is 43.0 Å². The minimum atomic E-state index is -4.55. The zero-order chi connectivity index (χ0) is 23.0. The number of nitrogens with zero attached hydrogens (tertiary/aromatic N) is 8. The van der Waals surface area contributed by atoms with Gasteiger partial charge in [-0.25, -0.2) is 19.4 Å². The molecule has 1 aromatic carbocycles. The molecule has 1 atom stereocenters. The van der Waals surface area contributed by atoms with Crippen LogP contribution < -0.4 is 4.74 Å². The lowest BCUT2D eigenvalue weighted by Crippen LogP contribution is -2.53. The molecule has 0 unspecified atom stereocenters. The van der Waals surface area contributed by atoms with Crippen molar-refractivity contribution >= 4 is 6.03 Å². The van der Waals surface area contributed by atoms with E-state index >= 15 is 0 Å². The van der Waals surface area contributed by atoms with Gasteiger partial charge in [0.2, 0.25) is 5.88 Å². The topological polar surface area (TPSA) is 102 Å². The van der Waals surface area contributed by atoms with Crippen LogP contribution >= 0.6 is 0 Å². The highest BCUT2D eigenvalue weighted by molar-refractivity contribution is 5.76. The van der Waals surface area contributed by atoms with E-state index in [1.807, 2.05) is 21.9 Å². The molecular weight excluding hydrogens is 441 g/mol. The minimum absolute atomic E-state index is 0.0163. The van der Waals surface area contributed by atoms with Crippen molar-refractivity contribution < 1.29 is 22.7 Å². The molecule has 0 N–H and O–H groups in total. The van der Waals surface area contributed by atoms with Gasteiger partial charge in [0.1, 0.15) is 12.1 Å². The number of likely N-dealkylation sites (tertiary alicyclic amines) is 2. The van der Waals surface area contributed by atoms with Gasteiger partial charge in [0, 0.05) is 32.1 Å². The maximum atomic E-state index is 12.8. The average Bonchev–Trinajstić information content (AvgIpc) is 3.46. The Morgan fingerprint density at radius 2 is 1.82 bits per heavy atom. The quantitative estimate of drug-likeness (QED) is 0.590. The number of hydrogen-bond acceptors (Lipinski definition) is 7. The van der Waals surface area contributed by atoms with Crippen molar-refractivity contribution in [1.29, 1.82) is 0 Å². The fraction of sp³-hybridized carbons (Fsp3) is 0.400. The van der Waals surface area contributed by atoms with E-state index in [2.05, 4.69) is 25.5 Å². The molecule has 13 heteroatoms. The lowest BCUT2D eigenvalue weighted by molar-refractivity contribution is -0.141. The maximum Gasteiger partial charge on any atom is 0.434 e. The van der Waals surface area contributed by atoms with Crippen molar-refractivity contribution in [2.75, 3.05) is 26.2 Å². The third-order valence-electron chi connectivity index (χ3n) is 5.82. The fourth-order valence-corrected chi connectivity index (χ4v) is 3.96. The molecule has 2 aliphatic rings. The number of amides is 2. The van der Waals surface area contributed by atoms with Crippen LogP contribution in [-0.2, 0) is 6.18 Å². The third-order valence-corrected chi connectivity index (χ3v) is 5.82. The summed E-state index contributed by atoms with van der Waals surface area (Å²) in [7, 11) is 0. The second-order valence-electron chi connectivity index (χ2n) is 7.97. The van der Waals surface area contributed by atoms with Gasteiger partial charge >= 0.3 is 12.2 Å². The Morgan fingerprint density at radius 1 is 1.03 bits per heavy atom. The van der Waals surface area contributed by atoms with E-state index in [0.29, 0.717) is 38.1 Å². The summed E-state index contributed by atoms with van der Waals surface area (Å²) >= 11 is 0. The van der Waals surface area contributed by atoms with Crippen molar-refractivity contribution in [1.82, 2.24) is 40.0 Å². The second kappa shape index (κ2) is 8.30. The molecule has 0 spiro atoms. The van der Waals surface area contributed by atoms with E-state index in [9.17, 15) is 18.0 Å². The number of halogens is 3. The Balaban J connectivity index is 1.12. The number of benzene rings is 1. The first kappa shape index (κ1) is 21.1. The lowest BCUT2D eigenvalue weighted by atomic mass is 9.92. The molecule has 2 aliphatic heterocycles. The van der Waals surface area contributed by atoms with E-state index in [0.717, 1.165) is 18.2 Å². The first-order valence-corrected chi connectivity index (χ1v) is 10.3. The van der Waals surface area contributed by atoms with Crippen LogP contribution in [0.3, 0.4) is 0 Å². The molecule has 2 fully saturated rings. The third kappa shape index (κ3) is 4.43. The van der Waals surface area contributed by atoms with E-state index in [4.69, 9.17) is 4.74 Å². The van der Waals surface area contributed by atoms with Gasteiger partial charge in [0.25, 0.3) is 0 Å². The highest BCUT2D eigenvalue weighted by atomic mass is 19.4. The Labute approximate surface area is 186 Å². The van der Waals surface area contributed by atoms with E-state index < -0.39 is 11.9 Å². The summed E-state index contributed by atoms with van der Waals surface area (Å²) in [5.41, 5.74) is -0.0213. The zero-order valence-electron chi connectivity index (χ0n) is 17.3. The Kier molecular flexibility index (Phi) is 5.30.